The highest BCUT2D eigenvalue weighted by Crippen LogP contribution is 2.30. The molecule has 0 saturated carbocycles. The van der Waals surface area contributed by atoms with Crippen molar-refractivity contribution < 1.29 is 4.79 Å². The second kappa shape index (κ2) is 3.90. The van der Waals surface area contributed by atoms with Crippen LogP contribution in [0.5, 0.6) is 0 Å². The van der Waals surface area contributed by atoms with Crippen molar-refractivity contribution >= 4 is 5.91 Å². The monoisotopic (exact) mass is 222 g/mol. The number of nitrogens with two attached hydrogens (primary N) is 1. The first-order valence-corrected chi connectivity index (χ1v) is 5.52. The topological polar surface area (TPSA) is 64.2 Å². The third kappa shape index (κ3) is 1.71. The number of aryl methyl sites for hydroxylation is 2. The summed E-state index contributed by atoms with van der Waals surface area (Å²) in [6, 6.07) is -0.0273. The summed E-state index contributed by atoms with van der Waals surface area (Å²) in [5.41, 5.74) is 8.12. The van der Waals surface area contributed by atoms with Gasteiger partial charge in [0.25, 0.3) is 0 Å². The van der Waals surface area contributed by atoms with Crippen LogP contribution in [-0.2, 0) is 11.8 Å². The second-order valence-electron chi connectivity index (χ2n) is 4.50. The molecule has 0 aliphatic carbocycles. The Bertz CT molecular complexity index is 412. The smallest absolute Gasteiger partial charge is 0.222 e. The Morgan fingerprint density at radius 1 is 1.50 bits per heavy atom. The minimum atomic E-state index is -0.0325. The first-order valence-electron chi connectivity index (χ1n) is 5.52. The van der Waals surface area contributed by atoms with E-state index in [2.05, 4.69) is 5.10 Å². The quantitative estimate of drug-likeness (QED) is 0.745. The standard InChI is InChI=1S/C11H18N4O/c1-7-8(6-14(2)13-7)11-9(12)4-5-10(16)15(11)3/h6,9,11H,4-5,12H2,1-3H3. The van der Waals surface area contributed by atoms with Gasteiger partial charge in [0.2, 0.25) is 5.91 Å². The fourth-order valence-electron chi connectivity index (χ4n) is 2.41. The summed E-state index contributed by atoms with van der Waals surface area (Å²) >= 11 is 0. The average molecular weight is 222 g/mol. The number of rotatable bonds is 1. The lowest BCUT2D eigenvalue weighted by atomic mass is 9.91. The Morgan fingerprint density at radius 2 is 2.19 bits per heavy atom. The summed E-state index contributed by atoms with van der Waals surface area (Å²) in [5, 5.41) is 4.30. The van der Waals surface area contributed by atoms with Crippen molar-refractivity contribution in [2.45, 2.75) is 31.8 Å². The zero-order valence-electron chi connectivity index (χ0n) is 9.97. The van der Waals surface area contributed by atoms with Crippen LogP contribution >= 0.6 is 0 Å². The van der Waals surface area contributed by atoms with Crippen LogP contribution < -0.4 is 5.73 Å². The number of hydrogen-bond donors (Lipinski definition) is 1. The van der Waals surface area contributed by atoms with E-state index in [1.807, 2.05) is 27.2 Å². The van der Waals surface area contributed by atoms with Crippen molar-refractivity contribution in [2.75, 3.05) is 7.05 Å². The molecule has 2 unspecified atom stereocenters. The van der Waals surface area contributed by atoms with Gasteiger partial charge >= 0.3 is 0 Å². The molecule has 1 saturated heterocycles. The second-order valence-corrected chi connectivity index (χ2v) is 4.50. The van der Waals surface area contributed by atoms with E-state index in [-0.39, 0.29) is 18.0 Å². The van der Waals surface area contributed by atoms with Crippen molar-refractivity contribution in [3.05, 3.63) is 17.5 Å². The molecule has 5 heteroatoms. The fraction of sp³-hybridized carbons (Fsp3) is 0.636. The Labute approximate surface area is 95.2 Å². The van der Waals surface area contributed by atoms with Gasteiger partial charge in [-0.1, -0.05) is 0 Å². The Morgan fingerprint density at radius 3 is 2.75 bits per heavy atom. The first kappa shape index (κ1) is 11.1. The molecule has 2 atom stereocenters. The van der Waals surface area contributed by atoms with Crippen LogP contribution in [0.25, 0.3) is 0 Å². The van der Waals surface area contributed by atoms with Gasteiger partial charge in [-0.3, -0.25) is 9.48 Å². The maximum Gasteiger partial charge on any atom is 0.222 e. The zero-order valence-corrected chi connectivity index (χ0v) is 9.97. The normalized spacial score (nSPS) is 26.2. The highest BCUT2D eigenvalue weighted by Gasteiger charge is 2.34. The molecule has 16 heavy (non-hydrogen) atoms. The molecule has 1 aromatic rings. The Hall–Kier alpha value is -1.36. The third-order valence-electron chi connectivity index (χ3n) is 3.28. The summed E-state index contributed by atoms with van der Waals surface area (Å²) in [7, 11) is 3.70. The third-order valence-corrected chi connectivity index (χ3v) is 3.28. The SMILES string of the molecule is Cc1nn(C)cc1C1C(N)CCC(=O)N1C. The Kier molecular flexibility index (Phi) is 2.71. The molecule has 1 aliphatic rings. The predicted molar refractivity (Wildman–Crippen MR) is 60.7 cm³/mol. The molecule has 1 aliphatic heterocycles. The van der Waals surface area contributed by atoms with E-state index in [4.69, 9.17) is 5.73 Å². The molecular formula is C11H18N4O. The molecule has 88 valence electrons. The number of hydrogen-bond acceptors (Lipinski definition) is 3. The summed E-state index contributed by atoms with van der Waals surface area (Å²) in [5.74, 6) is 0.162. The largest absolute Gasteiger partial charge is 0.337 e. The Balaban J connectivity index is 2.37. The lowest BCUT2D eigenvalue weighted by molar-refractivity contribution is -0.135. The van der Waals surface area contributed by atoms with Crippen LogP contribution in [0.1, 0.15) is 30.1 Å². The van der Waals surface area contributed by atoms with Crippen LogP contribution in [0.4, 0.5) is 0 Å². The van der Waals surface area contributed by atoms with Crippen molar-refractivity contribution in [1.82, 2.24) is 14.7 Å². The highest BCUT2D eigenvalue weighted by molar-refractivity contribution is 5.77. The van der Waals surface area contributed by atoms with Crippen molar-refractivity contribution in [3.63, 3.8) is 0 Å². The maximum atomic E-state index is 11.7. The number of likely N-dealkylation sites (N-methyl/N-ethyl adjacent to an activating group) is 1. The number of likely N-dealkylation sites (tertiary alicyclic amines) is 1. The van der Waals surface area contributed by atoms with Crippen LogP contribution in [0.3, 0.4) is 0 Å². The van der Waals surface area contributed by atoms with Gasteiger partial charge in [-0.05, 0) is 13.3 Å². The minimum Gasteiger partial charge on any atom is -0.337 e. The van der Waals surface area contributed by atoms with E-state index >= 15 is 0 Å². The molecule has 1 fully saturated rings. The van der Waals surface area contributed by atoms with Gasteiger partial charge in [0.05, 0.1) is 11.7 Å². The predicted octanol–water partition coefficient (Wildman–Crippen LogP) is 0.349. The van der Waals surface area contributed by atoms with Crippen LogP contribution in [0, 0.1) is 6.92 Å². The van der Waals surface area contributed by atoms with Gasteiger partial charge in [0, 0.05) is 38.3 Å². The van der Waals surface area contributed by atoms with E-state index < -0.39 is 0 Å². The van der Waals surface area contributed by atoms with Gasteiger partial charge in [0.1, 0.15) is 0 Å². The van der Waals surface area contributed by atoms with Gasteiger partial charge in [-0.2, -0.15) is 5.10 Å². The number of carbonyl (C=O) groups excluding carboxylic acids is 1. The van der Waals surface area contributed by atoms with Crippen molar-refractivity contribution in [1.29, 1.82) is 0 Å². The number of aromatic nitrogens is 2. The molecule has 0 aromatic carbocycles. The van der Waals surface area contributed by atoms with Gasteiger partial charge < -0.3 is 10.6 Å². The lowest BCUT2D eigenvalue weighted by Gasteiger charge is -2.37. The van der Waals surface area contributed by atoms with Crippen molar-refractivity contribution in [2.24, 2.45) is 12.8 Å². The molecule has 0 radical (unpaired) electrons. The molecular weight excluding hydrogens is 204 g/mol. The number of carbonyl (C=O) groups is 1. The molecule has 2 heterocycles. The number of amides is 1. The molecule has 1 amide bonds. The van der Waals surface area contributed by atoms with Crippen molar-refractivity contribution in [3.8, 4) is 0 Å². The molecule has 1 aromatic heterocycles. The zero-order chi connectivity index (χ0) is 11.9. The average Bonchev–Trinajstić information content (AvgIpc) is 2.53. The molecule has 2 N–H and O–H groups in total. The van der Waals surface area contributed by atoms with Gasteiger partial charge in [0.15, 0.2) is 0 Å². The minimum absolute atomic E-state index is 0.00519. The van der Waals surface area contributed by atoms with E-state index in [0.717, 1.165) is 17.7 Å². The van der Waals surface area contributed by atoms with E-state index in [9.17, 15) is 4.79 Å². The summed E-state index contributed by atoms with van der Waals surface area (Å²) in [4.78, 5) is 13.4. The van der Waals surface area contributed by atoms with Crippen LogP contribution in [0.2, 0.25) is 0 Å². The summed E-state index contributed by atoms with van der Waals surface area (Å²) in [6.07, 6.45) is 3.25. The van der Waals surface area contributed by atoms with Crippen LogP contribution in [0.15, 0.2) is 6.20 Å². The molecule has 0 spiro atoms. The summed E-state index contributed by atoms with van der Waals surface area (Å²) < 4.78 is 1.77. The number of nitrogens with zero attached hydrogens (tertiary/aromatic N) is 3. The maximum absolute atomic E-state index is 11.7. The fourth-order valence-corrected chi connectivity index (χ4v) is 2.41. The van der Waals surface area contributed by atoms with E-state index in [1.54, 1.807) is 9.58 Å². The molecule has 2 rings (SSSR count). The first-order chi connectivity index (χ1) is 7.50. The van der Waals surface area contributed by atoms with Crippen LogP contribution in [-0.4, -0.2) is 33.7 Å². The van der Waals surface area contributed by atoms with Gasteiger partial charge in [-0.15, -0.1) is 0 Å². The van der Waals surface area contributed by atoms with E-state index in [1.165, 1.54) is 0 Å². The van der Waals surface area contributed by atoms with Gasteiger partial charge in [-0.25, -0.2) is 0 Å². The van der Waals surface area contributed by atoms with E-state index in [0.29, 0.717) is 6.42 Å². The molecule has 5 nitrogen and oxygen atoms in total. The highest BCUT2D eigenvalue weighted by atomic mass is 16.2. The lowest BCUT2D eigenvalue weighted by Crippen LogP contribution is -2.46. The summed E-state index contributed by atoms with van der Waals surface area (Å²) in [6.45, 7) is 1.95. The molecule has 0 bridgehead atoms. The number of piperidine rings is 1.